The molecule has 0 radical (unpaired) electrons. The molecular formula is C19H24N2O5S. The Bertz CT molecular complexity index is 910. The third-order valence-electron chi connectivity index (χ3n) is 3.83. The van der Waals surface area contributed by atoms with Crippen LogP contribution in [-0.4, -0.2) is 46.4 Å². The molecule has 27 heavy (non-hydrogen) atoms. The third kappa shape index (κ3) is 4.99. The van der Waals surface area contributed by atoms with E-state index in [1.807, 2.05) is 12.1 Å². The Labute approximate surface area is 160 Å². The first-order valence-electron chi connectivity index (χ1n) is 8.40. The van der Waals surface area contributed by atoms with Crippen LogP contribution in [0, 0.1) is 0 Å². The zero-order valence-corrected chi connectivity index (χ0v) is 16.7. The van der Waals surface area contributed by atoms with E-state index in [1.54, 1.807) is 38.3 Å². The minimum atomic E-state index is -3.72. The average Bonchev–Trinajstić information content (AvgIpc) is 2.63. The molecule has 0 atom stereocenters. The molecule has 2 rings (SSSR count). The molecular weight excluding hydrogens is 368 g/mol. The predicted octanol–water partition coefficient (Wildman–Crippen LogP) is 2.53. The van der Waals surface area contributed by atoms with Crippen molar-refractivity contribution in [2.45, 2.75) is 18.2 Å². The van der Waals surface area contributed by atoms with Crippen LogP contribution in [0.2, 0.25) is 0 Å². The lowest BCUT2D eigenvalue weighted by Gasteiger charge is -2.17. The van der Waals surface area contributed by atoms with Crippen LogP contribution >= 0.6 is 0 Å². The fraction of sp³-hybridized carbons (Fsp3) is 0.316. The first kappa shape index (κ1) is 20.7. The Morgan fingerprint density at radius 2 is 1.81 bits per heavy atom. The quantitative estimate of drug-likeness (QED) is 0.746. The Morgan fingerprint density at radius 3 is 2.44 bits per heavy atom. The van der Waals surface area contributed by atoms with Crippen molar-refractivity contribution < 1.29 is 22.7 Å². The number of sulfonamides is 1. The van der Waals surface area contributed by atoms with E-state index in [9.17, 15) is 13.2 Å². The van der Waals surface area contributed by atoms with Crippen molar-refractivity contribution in [2.75, 3.05) is 33.1 Å². The van der Waals surface area contributed by atoms with Gasteiger partial charge in [0.25, 0.3) is 0 Å². The van der Waals surface area contributed by atoms with Gasteiger partial charge in [-0.2, -0.15) is 0 Å². The van der Waals surface area contributed by atoms with Gasteiger partial charge in [0.1, 0.15) is 16.4 Å². The summed E-state index contributed by atoms with van der Waals surface area (Å²) in [5.41, 5.74) is 1.11. The van der Waals surface area contributed by atoms with E-state index in [0.29, 0.717) is 18.0 Å². The molecule has 8 heteroatoms. The fourth-order valence-corrected chi connectivity index (χ4v) is 3.54. The second kappa shape index (κ2) is 8.88. The number of para-hydroxylation sites is 1. The number of nitrogens with one attached hydrogen (secondary N) is 1. The van der Waals surface area contributed by atoms with Gasteiger partial charge in [0.05, 0.1) is 20.1 Å². The Hall–Kier alpha value is -2.58. The van der Waals surface area contributed by atoms with Crippen LogP contribution in [0.15, 0.2) is 47.4 Å². The standard InChI is InChI=1S/C19H24N2O5S/c1-5-26-17-11-10-15(13-18(17)27(23,24)21(2)3)20-19(22)12-14-8-6-7-9-16(14)25-4/h6-11,13H,5,12H2,1-4H3,(H,20,22). The highest BCUT2D eigenvalue weighted by molar-refractivity contribution is 7.89. The molecule has 0 fully saturated rings. The maximum absolute atomic E-state index is 12.6. The number of anilines is 1. The Balaban J connectivity index is 2.27. The van der Waals surface area contributed by atoms with Crippen LogP contribution < -0.4 is 14.8 Å². The van der Waals surface area contributed by atoms with Crippen LogP contribution in [-0.2, 0) is 21.2 Å². The summed E-state index contributed by atoms with van der Waals surface area (Å²) in [6, 6.07) is 11.8. The first-order valence-corrected chi connectivity index (χ1v) is 9.84. The molecule has 0 spiro atoms. The van der Waals surface area contributed by atoms with Gasteiger partial charge >= 0.3 is 0 Å². The molecule has 0 aliphatic carbocycles. The molecule has 146 valence electrons. The van der Waals surface area contributed by atoms with Gasteiger partial charge < -0.3 is 14.8 Å². The minimum Gasteiger partial charge on any atom is -0.496 e. The second-order valence-electron chi connectivity index (χ2n) is 5.92. The van der Waals surface area contributed by atoms with Crippen molar-refractivity contribution in [1.29, 1.82) is 0 Å². The number of nitrogens with zero attached hydrogens (tertiary/aromatic N) is 1. The van der Waals surface area contributed by atoms with E-state index in [0.717, 1.165) is 9.87 Å². The van der Waals surface area contributed by atoms with Gasteiger partial charge in [-0.05, 0) is 31.2 Å². The van der Waals surface area contributed by atoms with Crippen molar-refractivity contribution in [2.24, 2.45) is 0 Å². The summed E-state index contributed by atoms with van der Waals surface area (Å²) in [6.07, 6.45) is 0.104. The number of carbonyl (C=O) groups is 1. The number of methoxy groups -OCH3 is 1. The van der Waals surface area contributed by atoms with Gasteiger partial charge in [-0.3, -0.25) is 4.79 Å². The zero-order valence-electron chi connectivity index (χ0n) is 15.9. The summed E-state index contributed by atoms with van der Waals surface area (Å²) in [5, 5.41) is 2.73. The first-order chi connectivity index (χ1) is 12.8. The Kier molecular flexibility index (Phi) is 6.81. The molecule has 0 unspecified atom stereocenters. The highest BCUT2D eigenvalue weighted by atomic mass is 32.2. The lowest BCUT2D eigenvalue weighted by Crippen LogP contribution is -2.23. The number of ether oxygens (including phenoxy) is 2. The largest absolute Gasteiger partial charge is 0.496 e. The number of hydrogen-bond acceptors (Lipinski definition) is 5. The smallest absolute Gasteiger partial charge is 0.246 e. The summed E-state index contributed by atoms with van der Waals surface area (Å²) < 4.78 is 36.9. The molecule has 7 nitrogen and oxygen atoms in total. The zero-order chi connectivity index (χ0) is 20.0. The topological polar surface area (TPSA) is 84.9 Å². The number of carbonyl (C=O) groups excluding carboxylic acids is 1. The van der Waals surface area contributed by atoms with Crippen LogP contribution in [0.25, 0.3) is 0 Å². The molecule has 1 amide bonds. The van der Waals surface area contributed by atoms with Crippen molar-refractivity contribution in [3.8, 4) is 11.5 Å². The van der Waals surface area contributed by atoms with Gasteiger partial charge in [-0.25, -0.2) is 12.7 Å². The number of hydrogen-bond donors (Lipinski definition) is 1. The average molecular weight is 392 g/mol. The lowest BCUT2D eigenvalue weighted by atomic mass is 10.1. The lowest BCUT2D eigenvalue weighted by molar-refractivity contribution is -0.115. The molecule has 0 aliphatic heterocycles. The molecule has 2 aromatic carbocycles. The summed E-state index contributed by atoms with van der Waals surface area (Å²) in [6.45, 7) is 2.10. The van der Waals surface area contributed by atoms with E-state index in [2.05, 4.69) is 5.32 Å². The summed E-state index contributed by atoms with van der Waals surface area (Å²) in [7, 11) is 0.708. The van der Waals surface area contributed by atoms with Gasteiger partial charge in [-0.15, -0.1) is 0 Å². The summed E-state index contributed by atoms with van der Waals surface area (Å²) in [5.74, 6) is 0.584. The highest BCUT2D eigenvalue weighted by Gasteiger charge is 2.23. The molecule has 2 aromatic rings. The number of amides is 1. The maximum atomic E-state index is 12.6. The van der Waals surface area contributed by atoms with E-state index in [-0.39, 0.29) is 23.0 Å². The van der Waals surface area contributed by atoms with Gasteiger partial charge in [0, 0.05) is 25.3 Å². The van der Waals surface area contributed by atoms with Crippen LogP contribution in [0.1, 0.15) is 12.5 Å². The highest BCUT2D eigenvalue weighted by Crippen LogP contribution is 2.29. The third-order valence-corrected chi connectivity index (χ3v) is 5.67. The molecule has 0 heterocycles. The predicted molar refractivity (Wildman–Crippen MR) is 104 cm³/mol. The SMILES string of the molecule is CCOc1ccc(NC(=O)Cc2ccccc2OC)cc1S(=O)(=O)N(C)C. The van der Waals surface area contributed by atoms with Gasteiger partial charge in [-0.1, -0.05) is 18.2 Å². The molecule has 0 aromatic heterocycles. The maximum Gasteiger partial charge on any atom is 0.246 e. The van der Waals surface area contributed by atoms with Crippen molar-refractivity contribution >= 4 is 21.6 Å². The van der Waals surface area contributed by atoms with E-state index >= 15 is 0 Å². The van der Waals surface area contributed by atoms with Crippen molar-refractivity contribution in [1.82, 2.24) is 4.31 Å². The fourth-order valence-electron chi connectivity index (χ4n) is 2.49. The second-order valence-corrected chi connectivity index (χ2v) is 8.04. The van der Waals surface area contributed by atoms with Crippen LogP contribution in [0.4, 0.5) is 5.69 Å². The summed E-state index contributed by atoms with van der Waals surface area (Å²) in [4.78, 5) is 12.4. The van der Waals surface area contributed by atoms with Crippen LogP contribution in [0.3, 0.4) is 0 Å². The van der Waals surface area contributed by atoms with E-state index in [1.165, 1.54) is 20.2 Å². The summed E-state index contributed by atoms with van der Waals surface area (Å²) >= 11 is 0. The van der Waals surface area contributed by atoms with Gasteiger partial charge in [0.15, 0.2) is 0 Å². The van der Waals surface area contributed by atoms with Crippen LogP contribution in [0.5, 0.6) is 11.5 Å². The minimum absolute atomic E-state index is 0.00411. The molecule has 0 saturated carbocycles. The monoisotopic (exact) mass is 392 g/mol. The number of benzene rings is 2. The van der Waals surface area contributed by atoms with E-state index in [4.69, 9.17) is 9.47 Å². The normalized spacial score (nSPS) is 11.3. The molecule has 0 saturated heterocycles. The molecule has 0 bridgehead atoms. The van der Waals surface area contributed by atoms with Crippen molar-refractivity contribution in [3.63, 3.8) is 0 Å². The molecule has 0 aliphatic rings. The van der Waals surface area contributed by atoms with Crippen molar-refractivity contribution in [3.05, 3.63) is 48.0 Å². The molecule has 1 N–H and O–H groups in total. The van der Waals surface area contributed by atoms with Gasteiger partial charge in [0.2, 0.25) is 15.9 Å². The van der Waals surface area contributed by atoms with E-state index < -0.39 is 10.0 Å². The number of rotatable bonds is 8. The Morgan fingerprint density at radius 1 is 1.11 bits per heavy atom.